The van der Waals surface area contributed by atoms with Crippen LogP contribution in [-0.4, -0.2) is 29.0 Å². The monoisotopic (exact) mass is 293 g/mol. The molecule has 0 radical (unpaired) electrons. The third kappa shape index (κ3) is 2.97. The number of halogens is 1. The first kappa shape index (κ1) is 14.9. The molecule has 0 amide bonds. The Morgan fingerprint density at radius 1 is 1.40 bits per heavy atom. The molecule has 108 valence electrons. The minimum atomic E-state index is -0.588. The van der Waals surface area contributed by atoms with E-state index in [2.05, 4.69) is 5.10 Å². The van der Waals surface area contributed by atoms with Crippen molar-refractivity contribution in [3.63, 3.8) is 0 Å². The summed E-state index contributed by atoms with van der Waals surface area (Å²) in [6.45, 7) is 1.91. The van der Waals surface area contributed by atoms with Crippen LogP contribution in [0.1, 0.15) is 22.9 Å². The van der Waals surface area contributed by atoms with E-state index in [1.54, 1.807) is 11.7 Å². The zero-order valence-electron chi connectivity index (χ0n) is 12.3. The smallest absolute Gasteiger partial charge is 0.130 e. The van der Waals surface area contributed by atoms with Gasteiger partial charge in [0.2, 0.25) is 0 Å². The molecular weight excluding hydrogens is 274 g/mol. The Hall–Kier alpha value is -1.52. The van der Waals surface area contributed by atoms with Crippen LogP contribution < -0.4 is 4.90 Å². The van der Waals surface area contributed by atoms with E-state index < -0.39 is 6.10 Å². The Morgan fingerprint density at radius 3 is 2.65 bits per heavy atom. The van der Waals surface area contributed by atoms with E-state index in [0.717, 1.165) is 22.5 Å². The minimum absolute atomic E-state index is 0.468. The highest BCUT2D eigenvalue weighted by atomic mass is 35.5. The van der Waals surface area contributed by atoms with E-state index in [1.807, 2.05) is 50.2 Å². The number of aliphatic hydroxyl groups is 1. The van der Waals surface area contributed by atoms with Crippen molar-refractivity contribution in [2.75, 3.05) is 19.0 Å². The number of aryl methyl sites for hydroxylation is 2. The molecule has 1 atom stereocenters. The Morgan fingerprint density at radius 2 is 2.10 bits per heavy atom. The number of aliphatic hydroxyl groups excluding tert-OH is 1. The third-order valence-electron chi connectivity index (χ3n) is 3.44. The van der Waals surface area contributed by atoms with Crippen LogP contribution in [0.5, 0.6) is 0 Å². The fourth-order valence-corrected chi connectivity index (χ4v) is 2.48. The summed E-state index contributed by atoms with van der Waals surface area (Å²) in [7, 11) is 5.76. The van der Waals surface area contributed by atoms with Crippen molar-refractivity contribution in [1.29, 1.82) is 0 Å². The number of benzene rings is 1. The second-order valence-corrected chi connectivity index (χ2v) is 5.55. The number of anilines is 1. The van der Waals surface area contributed by atoms with Crippen molar-refractivity contribution in [3.05, 3.63) is 46.2 Å². The van der Waals surface area contributed by atoms with Crippen LogP contribution in [0.3, 0.4) is 0 Å². The summed E-state index contributed by atoms with van der Waals surface area (Å²) >= 11 is 6.21. The van der Waals surface area contributed by atoms with E-state index >= 15 is 0 Å². The van der Waals surface area contributed by atoms with Gasteiger partial charge in [0, 0.05) is 38.8 Å². The second-order valence-electron chi connectivity index (χ2n) is 5.19. The van der Waals surface area contributed by atoms with Gasteiger partial charge < -0.3 is 10.0 Å². The van der Waals surface area contributed by atoms with E-state index in [4.69, 9.17) is 11.6 Å². The lowest BCUT2D eigenvalue weighted by molar-refractivity contribution is 0.178. The maximum absolute atomic E-state index is 10.4. The first-order valence-electron chi connectivity index (χ1n) is 6.53. The summed E-state index contributed by atoms with van der Waals surface area (Å²) in [5, 5.41) is 15.3. The number of hydrogen-bond acceptors (Lipinski definition) is 3. The van der Waals surface area contributed by atoms with Crippen LogP contribution in [-0.2, 0) is 13.5 Å². The molecular formula is C15H20ClN3O. The van der Waals surface area contributed by atoms with Gasteiger partial charge in [-0.2, -0.15) is 5.10 Å². The molecule has 1 unspecified atom stereocenters. The van der Waals surface area contributed by atoms with Crippen molar-refractivity contribution >= 4 is 17.3 Å². The summed E-state index contributed by atoms with van der Waals surface area (Å²) in [4.78, 5) is 2.01. The van der Waals surface area contributed by atoms with Gasteiger partial charge in [-0.05, 0) is 24.6 Å². The standard InChI is InChI=1S/C15H20ClN3O/c1-10-13(15(16)19(4)17-10)9-14(20)11-6-5-7-12(8-11)18(2)3/h5-8,14,20H,9H2,1-4H3. The van der Waals surface area contributed by atoms with Crippen molar-refractivity contribution in [1.82, 2.24) is 9.78 Å². The topological polar surface area (TPSA) is 41.3 Å². The number of rotatable bonds is 4. The lowest BCUT2D eigenvalue weighted by Gasteiger charge is -2.16. The van der Waals surface area contributed by atoms with Gasteiger partial charge in [-0.25, -0.2) is 0 Å². The highest BCUT2D eigenvalue weighted by molar-refractivity contribution is 6.30. The van der Waals surface area contributed by atoms with Gasteiger partial charge in [-0.1, -0.05) is 23.7 Å². The number of nitrogens with zero attached hydrogens (tertiary/aromatic N) is 3. The maximum Gasteiger partial charge on any atom is 0.130 e. The van der Waals surface area contributed by atoms with Gasteiger partial charge in [-0.15, -0.1) is 0 Å². The molecule has 20 heavy (non-hydrogen) atoms. The zero-order valence-corrected chi connectivity index (χ0v) is 13.0. The average molecular weight is 294 g/mol. The van der Waals surface area contributed by atoms with E-state index in [1.165, 1.54) is 0 Å². The van der Waals surface area contributed by atoms with Crippen LogP contribution in [0.25, 0.3) is 0 Å². The molecule has 4 nitrogen and oxygen atoms in total. The molecule has 1 heterocycles. The number of hydrogen-bond donors (Lipinski definition) is 1. The second kappa shape index (κ2) is 5.85. The van der Waals surface area contributed by atoms with Crippen LogP contribution in [0, 0.1) is 6.92 Å². The van der Waals surface area contributed by atoms with Gasteiger partial charge in [-0.3, -0.25) is 4.68 Å². The van der Waals surface area contributed by atoms with E-state index in [-0.39, 0.29) is 0 Å². The van der Waals surface area contributed by atoms with Crippen LogP contribution in [0.15, 0.2) is 24.3 Å². The molecule has 1 N–H and O–H groups in total. The summed E-state index contributed by atoms with van der Waals surface area (Å²) in [6, 6.07) is 7.88. The van der Waals surface area contributed by atoms with Gasteiger partial charge in [0.05, 0.1) is 11.8 Å². The molecule has 0 bridgehead atoms. The maximum atomic E-state index is 10.4. The molecule has 0 aliphatic heterocycles. The SMILES string of the molecule is Cc1nn(C)c(Cl)c1CC(O)c1cccc(N(C)C)c1. The number of aromatic nitrogens is 2. The zero-order chi connectivity index (χ0) is 14.9. The predicted octanol–water partition coefficient (Wildman–Crippen LogP) is 2.72. The molecule has 0 saturated carbocycles. The Balaban J connectivity index is 2.24. The molecule has 0 spiro atoms. The highest BCUT2D eigenvalue weighted by Gasteiger charge is 2.17. The van der Waals surface area contributed by atoms with Crippen molar-refractivity contribution < 1.29 is 5.11 Å². The van der Waals surface area contributed by atoms with Crippen LogP contribution in [0.4, 0.5) is 5.69 Å². The van der Waals surface area contributed by atoms with Gasteiger partial charge >= 0.3 is 0 Å². The average Bonchev–Trinajstić information content (AvgIpc) is 2.65. The molecule has 0 saturated heterocycles. The van der Waals surface area contributed by atoms with Crippen molar-refractivity contribution in [3.8, 4) is 0 Å². The molecule has 1 aromatic carbocycles. The highest BCUT2D eigenvalue weighted by Crippen LogP contribution is 2.27. The van der Waals surface area contributed by atoms with E-state index in [0.29, 0.717) is 11.6 Å². The summed E-state index contributed by atoms with van der Waals surface area (Å²) in [5.41, 5.74) is 3.71. The van der Waals surface area contributed by atoms with Crippen molar-refractivity contribution in [2.45, 2.75) is 19.4 Å². The Labute approximate surface area is 124 Å². The molecule has 0 aliphatic rings. The van der Waals surface area contributed by atoms with Crippen molar-refractivity contribution in [2.24, 2.45) is 7.05 Å². The van der Waals surface area contributed by atoms with Gasteiger partial charge in [0.1, 0.15) is 5.15 Å². The lowest BCUT2D eigenvalue weighted by atomic mass is 10.0. The summed E-state index contributed by atoms with van der Waals surface area (Å²) < 4.78 is 1.63. The third-order valence-corrected chi connectivity index (χ3v) is 3.91. The van der Waals surface area contributed by atoms with Gasteiger partial charge in [0.25, 0.3) is 0 Å². The van der Waals surface area contributed by atoms with Crippen LogP contribution in [0.2, 0.25) is 5.15 Å². The Bertz CT molecular complexity index is 607. The molecule has 0 aliphatic carbocycles. The van der Waals surface area contributed by atoms with E-state index in [9.17, 15) is 5.11 Å². The molecule has 2 rings (SSSR count). The molecule has 5 heteroatoms. The first-order chi connectivity index (χ1) is 9.40. The predicted molar refractivity (Wildman–Crippen MR) is 82.4 cm³/mol. The molecule has 2 aromatic rings. The Kier molecular flexibility index (Phi) is 4.35. The summed E-state index contributed by atoms with van der Waals surface area (Å²) in [6.07, 6.45) is -0.120. The quantitative estimate of drug-likeness (QED) is 0.942. The van der Waals surface area contributed by atoms with Crippen LogP contribution >= 0.6 is 11.6 Å². The summed E-state index contributed by atoms with van der Waals surface area (Å²) in [5.74, 6) is 0. The van der Waals surface area contributed by atoms with Gasteiger partial charge in [0.15, 0.2) is 0 Å². The molecule has 1 aromatic heterocycles. The first-order valence-corrected chi connectivity index (χ1v) is 6.91. The normalized spacial score (nSPS) is 12.5. The fourth-order valence-electron chi connectivity index (χ4n) is 2.23. The minimum Gasteiger partial charge on any atom is -0.388 e. The fraction of sp³-hybridized carbons (Fsp3) is 0.400. The lowest BCUT2D eigenvalue weighted by Crippen LogP contribution is -2.10. The largest absolute Gasteiger partial charge is 0.388 e. The molecule has 0 fully saturated rings.